The number of furan rings is 1. The van der Waals surface area contributed by atoms with E-state index >= 15 is 0 Å². The third kappa shape index (κ3) is 3.53. The second-order valence-corrected chi connectivity index (χ2v) is 8.22. The van der Waals surface area contributed by atoms with E-state index in [4.69, 9.17) is 9.15 Å². The quantitative estimate of drug-likeness (QED) is 0.812. The molecule has 0 saturated carbocycles. The van der Waals surface area contributed by atoms with Gasteiger partial charge >= 0.3 is 0 Å². The van der Waals surface area contributed by atoms with Gasteiger partial charge in [0.2, 0.25) is 5.91 Å². The third-order valence-electron chi connectivity index (χ3n) is 6.16. The molecule has 0 N–H and O–H groups in total. The van der Waals surface area contributed by atoms with Crippen LogP contribution < -0.4 is 0 Å². The average Bonchev–Trinajstić information content (AvgIpc) is 3.08. The number of ether oxygens (including phenoxy) is 1. The number of nitrogens with zero attached hydrogens (tertiary/aromatic N) is 2. The number of hydrogen-bond acceptors (Lipinski definition) is 4. The van der Waals surface area contributed by atoms with Crippen molar-refractivity contribution in [2.24, 2.45) is 5.41 Å². The molecule has 1 atom stereocenters. The zero-order chi connectivity index (χ0) is 19.7. The Morgan fingerprint density at radius 1 is 1.29 bits per heavy atom. The Labute approximate surface area is 165 Å². The number of aryl methyl sites for hydroxylation is 1. The van der Waals surface area contributed by atoms with Crippen LogP contribution in [-0.4, -0.2) is 61.5 Å². The summed E-state index contributed by atoms with van der Waals surface area (Å²) in [4.78, 5) is 29.5. The lowest BCUT2D eigenvalue weighted by Crippen LogP contribution is -2.55. The maximum Gasteiger partial charge on any atom is 0.257 e. The van der Waals surface area contributed by atoms with E-state index in [9.17, 15) is 9.59 Å². The molecule has 2 aliphatic heterocycles. The van der Waals surface area contributed by atoms with E-state index in [1.165, 1.54) is 0 Å². The minimum Gasteiger partial charge on any atom is -0.461 e. The van der Waals surface area contributed by atoms with Crippen LogP contribution in [0, 0.1) is 12.3 Å². The Bertz CT molecular complexity index is 890. The van der Waals surface area contributed by atoms with Crippen LogP contribution in [0.4, 0.5) is 0 Å². The summed E-state index contributed by atoms with van der Waals surface area (Å²) >= 11 is 0. The molecule has 1 aromatic heterocycles. The van der Waals surface area contributed by atoms with Crippen LogP contribution in [0.25, 0.3) is 11.0 Å². The SMILES string of the molecule is COCCN1C[C@]2(CCCN(C(=O)c3cccc4cc(C)oc34)C2)CCC1=O. The van der Waals surface area contributed by atoms with Crippen molar-refractivity contribution in [1.29, 1.82) is 0 Å². The first kappa shape index (κ1) is 19.0. The van der Waals surface area contributed by atoms with E-state index in [1.807, 2.05) is 41.0 Å². The summed E-state index contributed by atoms with van der Waals surface area (Å²) < 4.78 is 11.0. The monoisotopic (exact) mass is 384 g/mol. The standard InChI is InChI=1S/C22H28N2O4/c1-16-13-17-5-3-6-18(20(17)28-16)21(26)24-10-4-8-22(15-24)9-7-19(25)23(14-22)11-12-27-2/h3,5-6,13H,4,7-12,14-15H2,1-2H3/t22-/m0/s1. The van der Waals surface area contributed by atoms with Gasteiger partial charge in [-0.25, -0.2) is 0 Å². The molecule has 1 aromatic carbocycles. The van der Waals surface area contributed by atoms with Gasteiger partial charge in [0.25, 0.3) is 5.91 Å². The number of methoxy groups -OCH3 is 1. The van der Waals surface area contributed by atoms with Crippen molar-refractivity contribution in [2.45, 2.75) is 32.6 Å². The summed E-state index contributed by atoms with van der Waals surface area (Å²) in [5.74, 6) is 1.03. The van der Waals surface area contributed by atoms with Crippen LogP contribution in [0.1, 0.15) is 41.8 Å². The van der Waals surface area contributed by atoms with Crippen molar-refractivity contribution in [1.82, 2.24) is 9.80 Å². The molecule has 2 saturated heterocycles. The van der Waals surface area contributed by atoms with Crippen molar-refractivity contribution in [2.75, 3.05) is 39.9 Å². The molecule has 28 heavy (non-hydrogen) atoms. The van der Waals surface area contributed by atoms with E-state index in [0.29, 0.717) is 43.8 Å². The highest BCUT2D eigenvalue weighted by molar-refractivity contribution is 6.05. The van der Waals surface area contributed by atoms with Crippen LogP contribution in [0.15, 0.2) is 28.7 Å². The van der Waals surface area contributed by atoms with Gasteiger partial charge in [-0.3, -0.25) is 9.59 Å². The van der Waals surface area contributed by atoms with Gasteiger partial charge in [-0.05, 0) is 38.3 Å². The fraction of sp³-hybridized carbons (Fsp3) is 0.545. The molecule has 2 aromatic rings. The van der Waals surface area contributed by atoms with E-state index in [0.717, 1.165) is 37.0 Å². The predicted octanol–water partition coefficient (Wildman–Crippen LogP) is 3.23. The van der Waals surface area contributed by atoms with Gasteiger partial charge in [-0.2, -0.15) is 0 Å². The smallest absolute Gasteiger partial charge is 0.257 e. The fourth-order valence-electron chi connectivity index (χ4n) is 4.75. The summed E-state index contributed by atoms with van der Waals surface area (Å²) in [6, 6.07) is 7.70. The zero-order valence-electron chi connectivity index (χ0n) is 16.7. The summed E-state index contributed by atoms with van der Waals surface area (Å²) in [5.41, 5.74) is 1.29. The van der Waals surface area contributed by atoms with Gasteiger partial charge in [0.1, 0.15) is 11.3 Å². The number of benzene rings is 1. The van der Waals surface area contributed by atoms with Crippen molar-refractivity contribution in [3.8, 4) is 0 Å². The minimum absolute atomic E-state index is 0.0114. The number of para-hydroxylation sites is 1. The summed E-state index contributed by atoms with van der Waals surface area (Å²) in [6.07, 6.45) is 3.42. The molecular formula is C22H28N2O4. The summed E-state index contributed by atoms with van der Waals surface area (Å²) in [6.45, 7) is 5.22. The number of amides is 2. The van der Waals surface area contributed by atoms with E-state index < -0.39 is 0 Å². The number of carbonyl (C=O) groups is 2. The number of carbonyl (C=O) groups excluding carboxylic acids is 2. The lowest BCUT2D eigenvalue weighted by Gasteiger charge is -2.48. The Kier molecular flexibility index (Phi) is 5.15. The van der Waals surface area contributed by atoms with E-state index in [2.05, 4.69) is 0 Å². The number of hydrogen-bond donors (Lipinski definition) is 0. The number of rotatable bonds is 4. The molecule has 0 bridgehead atoms. The Morgan fingerprint density at radius 3 is 2.96 bits per heavy atom. The van der Waals surface area contributed by atoms with E-state index in [1.54, 1.807) is 7.11 Å². The van der Waals surface area contributed by atoms with Gasteiger partial charge in [0.05, 0.1) is 12.2 Å². The molecule has 6 nitrogen and oxygen atoms in total. The second kappa shape index (κ2) is 7.59. The lowest BCUT2D eigenvalue weighted by atomic mass is 9.73. The first-order valence-electron chi connectivity index (χ1n) is 10.1. The normalized spacial score (nSPS) is 23.0. The molecule has 3 heterocycles. The number of piperidine rings is 2. The van der Waals surface area contributed by atoms with E-state index in [-0.39, 0.29) is 17.2 Å². The molecule has 6 heteroatoms. The molecule has 2 fully saturated rings. The Balaban J connectivity index is 1.54. The molecule has 0 radical (unpaired) electrons. The van der Waals surface area contributed by atoms with Gasteiger partial charge in [-0.1, -0.05) is 12.1 Å². The Morgan fingerprint density at radius 2 is 2.14 bits per heavy atom. The number of fused-ring (bicyclic) bond motifs is 1. The first-order chi connectivity index (χ1) is 13.5. The highest BCUT2D eigenvalue weighted by Crippen LogP contribution is 2.39. The average molecular weight is 384 g/mol. The van der Waals surface area contributed by atoms with Gasteiger partial charge < -0.3 is 19.0 Å². The highest BCUT2D eigenvalue weighted by atomic mass is 16.5. The Hall–Kier alpha value is -2.34. The molecule has 0 unspecified atom stereocenters. The van der Waals surface area contributed by atoms with Crippen molar-refractivity contribution >= 4 is 22.8 Å². The molecule has 0 aliphatic carbocycles. The van der Waals surface area contributed by atoms with Crippen molar-refractivity contribution < 1.29 is 18.7 Å². The number of likely N-dealkylation sites (tertiary alicyclic amines) is 2. The van der Waals surface area contributed by atoms with Gasteiger partial charge in [-0.15, -0.1) is 0 Å². The van der Waals surface area contributed by atoms with Gasteiger partial charge in [0, 0.05) is 50.5 Å². The first-order valence-corrected chi connectivity index (χ1v) is 10.1. The zero-order valence-corrected chi connectivity index (χ0v) is 16.7. The molecule has 4 rings (SSSR count). The predicted molar refractivity (Wildman–Crippen MR) is 106 cm³/mol. The van der Waals surface area contributed by atoms with Crippen LogP contribution in [0.5, 0.6) is 0 Å². The molecule has 1 spiro atoms. The summed E-state index contributed by atoms with van der Waals surface area (Å²) in [7, 11) is 1.65. The van der Waals surface area contributed by atoms with Gasteiger partial charge in [0.15, 0.2) is 0 Å². The largest absolute Gasteiger partial charge is 0.461 e. The topological polar surface area (TPSA) is 63.0 Å². The third-order valence-corrected chi connectivity index (χ3v) is 6.16. The fourth-order valence-corrected chi connectivity index (χ4v) is 4.75. The van der Waals surface area contributed by atoms with Crippen molar-refractivity contribution in [3.05, 3.63) is 35.6 Å². The molecular weight excluding hydrogens is 356 g/mol. The molecule has 150 valence electrons. The van der Waals surface area contributed by atoms with Crippen LogP contribution in [0.3, 0.4) is 0 Å². The maximum absolute atomic E-state index is 13.3. The van der Waals surface area contributed by atoms with Crippen LogP contribution >= 0.6 is 0 Å². The second-order valence-electron chi connectivity index (χ2n) is 8.22. The maximum atomic E-state index is 13.3. The lowest BCUT2D eigenvalue weighted by molar-refractivity contribution is -0.139. The van der Waals surface area contributed by atoms with Crippen molar-refractivity contribution in [3.63, 3.8) is 0 Å². The minimum atomic E-state index is -0.0114. The highest BCUT2D eigenvalue weighted by Gasteiger charge is 2.42. The molecule has 2 aliphatic rings. The van der Waals surface area contributed by atoms with Crippen LogP contribution in [0.2, 0.25) is 0 Å². The van der Waals surface area contributed by atoms with Crippen LogP contribution in [-0.2, 0) is 9.53 Å². The molecule has 2 amide bonds. The summed E-state index contributed by atoms with van der Waals surface area (Å²) in [5, 5.41) is 0.962.